The molecule has 0 aliphatic heterocycles. The lowest BCUT2D eigenvalue weighted by molar-refractivity contribution is -0.141. The maximum atomic E-state index is 11.8. The van der Waals surface area contributed by atoms with Gasteiger partial charge in [0.25, 0.3) is 0 Å². The second-order valence-corrected chi connectivity index (χ2v) is 4.60. The first-order valence-corrected chi connectivity index (χ1v) is 6.66. The predicted molar refractivity (Wildman–Crippen MR) is 74.0 cm³/mol. The lowest BCUT2D eigenvalue weighted by Gasteiger charge is -2.13. The number of carboxylic acids is 1. The summed E-state index contributed by atoms with van der Waals surface area (Å²) in [5.41, 5.74) is 2.09. The Morgan fingerprint density at radius 3 is 2.53 bits per heavy atom. The SMILES string of the molecule is CCCC(NC(=O)Cc1cccc(CC)c1)C(=O)O. The third-order valence-corrected chi connectivity index (χ3v) is 2.97. The van der Waals surface area contributed by atoms with E-state index in [1.54, 1.807) is 0 Å². The summed E-state index contributed by atoms with van der Waals surface area (Å²) in [5.74, 6) is -1.22. The number of rotatable bonds is 7. The number of hydrogen-bond donors (Lipinski definition) is 2. The quantitative estimate of drug-likeness (QED) is 0.792. The highest BCUT2D eigenvalue weighted by atomic mass is 16.4. The van der Waals surface area contributed by atoms with E-state index in [2.05, 4.69) is 12.2 Å². The van der Waals surface area contributed by atoms with Crippen LogP contribution in [0.3, 0.4) is 0 Å². The molecule has 0 aliphatic rings. The van der Waals surface area contributed by atoms with Crippen molar-refractivity contribution in [2.24, 2.45) is 0 Å². The van der Waals surface area contributed by atoms with Gasteiger partial charge in [0, 0.05) is 0 Å². The molecular weight excluding hydrogens is 242 g/mol. The lowest BCUT2D eigenvalue weighted by atomic mass is 10.1. The molecule has 0 fully saturated rings. The van der Waals surface area contributed by atoms with Crippen molar-refractivity contribution in [2.45, 2.75) is 45.6 Å². The predicted octanol–water partition coefficient (Wildman–Crippen LogP) is 2.16. The maximum absolute atomic E-state index is 11.8. The Hall–Kier alpha value is -1.84. The van der Waals surface area contributed by atoms with E-state index in [9.17, 15) is 9.59 Å². The van der Waals surface area contributed by atoms with Crippen LogP contribution in [0.15, 0.2) is 24.3 Å². The Balaban J connectivity index is 2.60. The highest BCUT2D eigenvalue weighted by molar-refractivity contribution is 5.84. The first kappa shape index (κ1) is 15.2. The first-order chi connectivity index (χ1) is 9.06. The van der Waals surface area contributed by atoms with E-state index in [1.807, 2.05) is 31.2 Å². The normalized spacial score (nSPS) is 11.9. The van der Waals surface area contributed by atoms with E-state index in [-0.39, 0.29) is 12.3 Å². The summed E-state index contributed by atoms with van der Waals surface area (Å²) in [7, 11) is 0. The molecule has 1 amide bonds. The number of carbonyl (C=O) groups is 2. The van der Waals surface area contributed by atoms with E-state index in [1.165, 1.54) is 5.56 Å². The van der Waals surface area contributed by atoms with Gasteiger partial charge in [-0.3, -0.25) is 4.79 Å². The van der Waals surface area contributed by atoms with Crippen LogP contribution in [0.1, 0.15) is 37.8 Å². The van der Waals surface area contributed by atoms with Crippen LogP contribution < -0.4 is 5.32 Å². The van der Waals surface area contributed by atoms with Gasteiger partial charge in [-0.05, 0) is 24.0 Å². The molecule has 0 saturated heterocycles. The number of carbonyl (C=O) groups excluding carboxylic acids is 1. The van der Waals surface area contributed by atoms with Crippen molar-refractivity contribution in [2.75, 3.05) is 0 Å². The molecule has 0 spiro atoms. The molecule has 1 aromatic carbocycles. The molecule has 0 heterocycles. The van der Waals surface area contributed by atoms with E-state index in [0.717, 1.165) is 18.4 Å². The van der Waals surface area contributed by atoms with Crippen LogP contribution in [-0.4, -0.2) is 23.0 Å². The summed E-state index contributed by atoms with van der Waals surface area (Å²) >= 11 is 0. The number of nitrogens with one attached hydrogen (secondary N) is 1. The molecule has 2 N–H and O–H groups in total. The molecule has 1 unspecified atom stereocenters. The molecule has 0 saturated carbocycles. The summed E-state index contributed by atoms with van der Waals surface area (Å²) in [4.78, 5) is 22.8. The number of carboxylic acid groups (broad SMARTS) is 1. The third-order valence-electron chi connectivity index (χ3n) is 2.97. The fraction of sp³-hybridized carbons (Fsp3) is 0.467. The minimum Gasteiger partial charge on any atom is -0.480 e. The van der Waals surface area contributed by atoms with Gasteiger partial charge >= 0.3 is 5.97 Å². The van der Waals surface area contributed by atoms with Gasteiger partial charge in [0.2, 0.25) is 5.91 Å². The molecule has 0 aliphatic carbocycles. The number of hydrogen-bond acceptors (Lipinski definition) is 2. The third kappa shape index (κ3) is 5.12. The Morgan fingerprint density at radius 1 is 1.26 bits per heavy atom. The highest BCUT2D eigenvalue weighted by Gasteiger charge is 2.18. The smallest absolute Gasteiger partial charge is 0.326 e. The minimum atomic E-state index is -0.975. The summed E-state index contributed by atoms with van der Waals surface area (Å²) in [5, 5.41) is 11.6. The van der Waals surface area contributed by atoms with Crippen LogP contribution in [0.5, 0.6) is 0 Å². The first-order valence-electron chi connectivity index (χ1n) is 6.66. The molecule has 19 heavy (non-hydrogen) atoms. The molecule has 0 bridgehead atoms. The van der Waals surface area contributed by atoms with Crippen molar-refractivity contribution in [3.05, 3.63) is 35.4 Å². The monoisotopic (exact) mass is 263 g/mol. The fourth-order valence-corrected chi connectivity index (χ4v) is 1.94. The lowest BCUT2D eigenvalue weighted by Crippen LogP contribution is -2.41. The number of aryl methyl sites for hydroxylation is 1. The molecule has 1 rings (SSSR count). The molecule has 4 nitrogen and oxygen atoms in total. The van der Waals surface area contributed by atoms with Gasteiger partial charge in [-0.2, -0.15) is 0 Å². The van der Waals surface area contributed by atoms with Crippen LogP contribution in [-0.2, 0) is 22.4 Å². The van der Waals surface area contributed by atoms with Gasteiger partial charge in [-0.15, -0.1) is 0 Å². The highest BCUT2D eigenvalue weighted by Crippen LogP contribution is 2.07. The molecular formula is C15H21NO3. The number of amides is 1. The zero-order chi connectivity index (χ0) is 14.3. The minimum absolute atomic E-state index is 0.224. The van der Waals surface area contributed by atoms with Crippen LogP contribution in [0.2, 0.25) is 0 Å². The summed E-state index contributed by atoms with van der Waals surface area (Å²) in [6, 6.07) is 7.01. The largest absolute Gasteiger partial charge is 0.480 e. The van der Waals surface area contributed by atoms with Crippen LogP contribution in [0.4, 0.5) is 0 Å². The Bertz CT molecular complexity index is 443. The average molecular weight is 263 g/mol. The van der Waals surface area contributed by atoms with Crippen LogP contribution in [0.25, 0.3) is 0 Å². The second kappa shape index (κ2) is 7.56. The zero-order valence-electron chi connectivity index (χ0n) is 11.5. The number of aliphatic carboxylic acids is 1. The van der Waals surface area contributed by atoms with Crippen LogP contribution in [0, 0.1) is 0 Å². The molecule has 1 atom stereocenters. The van der Waals surface area contributed by atoms with Crippen molar-refractivity contribution in [1.82, 2.24) is 5.32 Å². The average Bonchev–Trinajstić information content (AvgIpc) is 2.38. The van der Waals surface area contributed by atoms with Gasteiger partial charge in [0.1, 0.15) is 6.04 Å². The topological polar surface area (TPSA) is 66.4 Å². The maximum Gasteiger partial charge on any atom is 0.326 e. The molecule has 0 radical (unpaired) electrons. The van der Waals surface area contributed by atoms with Gasteiger partial charge in [0.05, 0.1) is 6.42 Å². The van der Waals surface area contributed by atoms with Crippen molar-refractivity contribution >= 4 is 11.9 Å². The zero-order valence-corrected chi connectivity index (χ0v) is 11.5. The van der Waals surface area contributed by atoms with Crippen molar-refractivity contribution in [1.29, 1.82) is 0 Å². The molecule has 1 aromatic rings. The standard InChI is InChI=1S/C15H21NO3/c1-3-6-13(15(18)19)16-14(17)10-12-8-5-7-11(4-2)9-12/h5,7-9,13H,3-4,6,10H2,1-2H3,(H,16,17)(H,18,19). The Kier molecular flexibility index (Phi) is 6.06. The van der Waals surface area contributed by atoms with E-state index in [4.69, 9.17) is 5.11 Å². The van der Waals surface area contributed by atoms with E-state index in [0.29, 0.717) is 6.42 Å². The van der Waals surface area contributed by atoms with E-state index >= 15 is 0 Å². The summed E-state index contributed by atoms with van der Waals surface area (Å²) < 4.78 is 0. The Morgan fingerprint density at radius 2 is 1.95 bits per heavy atom. The fourth-order valence-electron chi connectivity index (χ4n) is 1.94. The Labute approximate surface area is 113 Å². The van der Waals surface area contributed by atoms with Crippen molar-refractivity contribution < 1.29 is 14.7 Å². The van der Waals surface area contributed by atoms with Gasteiger partial charge in [-0.1, -0.05) is 44.5 Å². The second-order valence-electron chi connectivity index (χ2n) is 4.60. The molecule has 0 aromatic heterocycles. The van der Waals surface area contributed by atoms with Gasteiger partial charge in [-0.25, -0.2) is 4.79 Å². The van der Waals surface area contributed by atoms with Gasteiger partial charge < -0.3 is 10.4 Å². The van der Waals surface area contributed by atoms with Crippen LogP contribution >= 0.6 is 0 Å². The van der Waals surface area contributed by atoms with Gasteiger partial charge in [0.15, 0.2) is 0 Å². The summed E-state index contributed by atoms with van der Waals surface area (Å²) in [6.45, 7) is 3.95. The van der Waals surface area contributed by atoms with Crippen molar-refractivity contribution in [3.63, 3.8) is 0 Å². The number of benzene rings is 1. The summed E-state index contributed by atoms with van der Waals surface area (Å²) in [6.07, 6.45) is 2.32. The van der Waals surface area contributed by atoms with E-state index < -0.39 is 12.0 Å². The molecule has 4 heteroatoms. The van der Waals surface area contributed by atoms with Crippen molar-refractivity contribution in [3.8, 4) is 0 Å². The molecule has 104 valence electrons.